The fraction of sp³-hybridized carbons (Fsp3) is 0.368. The topological polar surface area (TPSA) is 64.8 Å². The van der Waals surface area contributed by atoms with Gasteiger partial charge in [0.15, 0.2) is 5.75 Å². The van der Waals surface area contributed by atoms with E-state index in [0.717, 1.165) is 31.3 Å². The van der Waals surface area contributed by atoms with E-state index in [9.17, 15) is 14.5 Å². The molecule has 1 aliphatic heterocycles. The van der Waals surface area contributed by atoms with E-state index in [2.05, 4.69) is 4.90 Å². The first-order valence-corrected chi connectivity index (χ1v) is 8.48. The number of likely N-dealkylation sites (tertiary alicyclic amines) is 1. The summed E-state index contributed by atoms with van der Waals surface area (Å²) in [4.78, 5) is 12.7. The van der Waals surface area contributed by atoms with Crippen molar-refractivity contribution in [2.45, 2.75) is 18.9 Å². The third-order valence-corrected chi connectivity index (χ3v) is 4.41. The average Bonchev–Trinajstić information content (AvgIpc) is 2.98. The summed E-state index contributed by atoms with van der Waals surface area (Å²) in [5.74, 6) is 0.272. The zero-order valence-corrected chi connectivity index (χ0v) is 14.6. The van der Waals surface area contributed by atoms with Crippen molar-refractivity contribution in [3.8, 4) is 11.5 Å². The number of halogens is 1. The molecular formula is C19H21FN2O4. The van der Waals surface area contributed by atoms with Crippen LogP contribution < -0.4 is 9.47 Å². The molecule has 138 valence electrons. The van der Waals surface area contributed by atoms with Gasteiger partial charge in [-0.25, -0.2) is 4.39 Å². The van der Waals surface area contributed by atoms with Gasteiger partial charge < -0.3 is 9.47 Å². The second kappa shape index (κ2) is 7.70. The number of ether oxygens (including phenoxy) is 2. The highest BCUT2D eigenvalue weighted by molar-refractivity contribution is 5.46. The van der Waals surface area contributed by atoms with Crippen LogP contribution in [0.2, 0.25) is 0 Å². The predicted octanol–water partition coefficient (Wildman–Crippen LogP) is 3.66. The molecule has 0 spiro atoms. The maximum absolute atomic E-state index is 13.3. The molecule has 0 amide bonds. The van der Waals surface area contributed by atoms with Gasteiger partial charge in [0.25, 0.3) is 0 Å². The van der Waals surface area contributed by atoms with Crippen LogP contribution >= 0.6 is 0 Å². The number of nitro benzene ring substituents is 1. The Morgan fingerprint density at radius 1 is 1.27 bits per heavy atom. The van der Waals surface area contributed by atoms with Gasteiger partial charge in [0, 0.05) is 26.1 Å². The van der Waals surface area contributed by atoms with Gasteiger partial charge in [0.05, 0.1) is 11.0 Å². The average molecular weight is 360 g/mol. The predicted molar refractivity (Wildman–Crippen MR) is 95.1 cm³/mol. The summed E-state index contributed by atoms with van der Waals surface area (Å²) in [6.07, 6.45) is 0.729. The SMILES string of the molecule is CC1(Oc2ccc(F)cc2[N+](=O)[O-])CCN(CCOc2ccccc2)C1. The number of nitro groups is 1. The Labute approximate surface area is 151 Å². The normalized spacial score (nSPS) is 20.1. The van der Waals surface area contributed by atoms with Crippen LogP contribution in [0.3, 0.4) is 0 Å². The lowest BCUT2D eigenvalue weighted by molar-refractivity contribution is -0.386. The number of benzene rings is 2. The highest BCUT2D eigenvalue weighted by Gasteiger charge is 2.37. The molecule has 7 heteroatoms. The Balaban J connectivity index is 1.56. The standard InChI is InChI=1S/C19H21FN2O4/c1-19(26-18-8-7-15(20)13-17(18)22(23)24)9-10-21(14-19)11-12-25-16-5-3-2-4-6-16/h2-8,13H,9-12,14H2,1H3. The highest BCUT2D eigenvalue weighted by atomic mass is 19.1. The van der Waals surface area contributed by atoms with Gasteiger partial charge >= 0.3 is 5.69 Å². The second-order valence-corrected chi connectivity index (χ2v) is 6.61. The van der Waals surface area contributed by atoms with E-state index in [-0.39, 0.29) is 11.4 Å². The van der Waals surface area contributed by atoms with Crippen LogP contribution in [0.1, 0.15) is 13.3 Å². The molecule has 1 fully saturated rings. The van der Waals surface area contributed by atoms with Crippen LogP contribution in [-0.4, -0.2) is 41.7 Å². The minimum Gasteiger partial charge on any atom is -0.492 e. The molecule has 1 heterocycles. The number of hydrogen-bond acceptors (Lipinski definition) is 5. The Hall–Kier alpha value is -2.67. The van der Waals surface area contributed by atoms with Crippen molar-refractivity contribution in [3.05, 3.63) is 64.5 Å². The number of rotatable bonds is 7. The molecule has 0 aromatic heterocycles. The molecule has 1 saturated heterocycles. The van der Waals surface area contributed by atoms with Gasteiger partial charge in [-0.1, -0.05) is 18.2 Å². The van der Waals surface area contributed by atoms with Crippen molar-refractivity contribution in [1.29, 1.82) is 0 Å². The first-order chi connectivity index (χ1) is 12.5. The lowest BCUT2D eigenvalue weighted by Crippen LogP contribution is -2.37. The zero-order valence-electron chi connectivity index (χ0n) is 14.6. The van der Waals surface area contributed by atoms with Crippen molar-refractivity contribution in [2.75, 3.05) is 26.2 Å². The quantitative estimate of drug-likeness (QED) is 0.557. The lowest BCUT2D eigenvalue weighted by Gasteiger charge is -2.26. The van der Waals surface area contributed by atoms with Crippen molar-refractivity contribution in [2.24, 2.45) is 0 Å². The zero-order chi connectivity index (χ0) is 18.6. The fourth-order valence-electron chi connectivity index (χ4n) is 3.09. The molecule has 26 heavy (non-hydrogen) atoms. The van der Waals surface area contributed by atoms with Crippen molar-refractivity contribution in [3.63, 3.8) is 0 Å². The maximum Gasteiger partial charge on any atom is 0.313 e. The van der Waals surface area contributed by atoms with Crippen molar-refractivity contribution < 1.29 is 18.8 Å². The number of nitrogens with zero attached hydrogens (tertiary/aromatic N) is 2. The fourth-order valence-corrected chi connectivity index (χ4v) is 3.09. The smallest absolute Gasteiger partial charge is 0.313 e. The van der Waals surface area contributed by atoms with E-state index in [0.29, 0.717) is 13.2 Å². The van der Waals surface area contributed by atoms with Crippen LogP contribution in [0.4, 0.5) is 10.1 Å². The van der Waals surface area contributed by atoms with Crippen LogP contribution in [0, 0.1) is 15.9 Å². The summed E-state index contributed by atoms with van der Waals surface area (Å²) in [6.45, 7) is 4.64. The minimum atomic E-state index is -0.652. The molecule has 0 bridgehead atoms. The lowest BCUT2D eigenvalue weighted by atomic mass is 10.1. The Bertz CT molecular complexity index is 771. The van der Waals surface area contributed by atoms with E-state index in [1.165, 1.54) is 12.1 Å². The van der Waals surface area contributed by atoms with Crippen molar-refractivity contribution in [1.82, 2.24) is 4.90 Å². The van der Waals surface area contributed by atoms with Gasteiger partial charge in [0.1, 0.15) is 23.8 Å². The summed E-state index contributed by atoms with van der Waals surface area (Å²) >= 11 is 0. The summed E-state index contributed by atoms with van der Waals surface area (Å²) in [7, 11) is 0. The Morgan fingerprint density at radius 3 is 2.77 bits per heavy atom. The molecule has 0 N–H and O–H groups in total. The molecule has 0 saturated carbocycles. The first-order valence-electron chi connectivity index (χ1n) is 8.48. The van der Waals surface area contributed by atoms with Crippen LogP contribution in [-0.2, 0) is 0 Å². The van der Waals surface area contributed by atoms with E-state index >= 15 is 0 Å². The van der Waals surface area contributed by atoms with Gasteiger partial charge in [-0.2, -0.15) is 0 Å². The molecule has 3 rings (SSSR count). The summed E-state index contributed by atoms with van der Waals surface area (Å²) < 4.78 is 24.9. The van der Waals surface area contributed by atoms with Gasteiger partial charge in [-0.05, 0) is 31.2 Å². The third-order valence-electron chi connectivity index (χ3n) is 4.41. The molecule has 1 atom stereocenters. The number of para-hydroxylation sites is 1. The molecule has 2 aromatic carbocycles. The maximum atomic E-state index is 13.3. The molecular weight excluding hydrogens is 339 g/mol. The first kappa shape index (κ1) is 18.1. The van der Waals surface area contributed by atoms with Gasteiger partial charge in [-0.15, -0.1) is 0 Å². The van der Waals surface area contributed by atoms with Gasteiger partial charge in [0.2, 0.25) is 0 Å². The number of hydrogen-bond donors (Lipinski definition) is 0. The molecule has 1 unspecified atom stereocenters. The summed E-state index contributed by atoms with van der Waals surface area (Å²) in [5, 5.41) is 11.1. The van der Waals surface area contributed by atoms with E-state index in [1.54, 1.807) is 0 Å². The summed E-state index contributed by atoms with van der Waals surface area (Å²) in [5.41, 5.74) is -0.910. The van der Waals surface area contributed by atoms with Crippen molar-refractivity contribution >= 4 is 5.69 Å². The van der Waals surface area contributed by atoms with E-state index in [4.69, 9.17) is 9.47 Å². The summed E-state index contributed by atoms with van der Waals surface area (Å²) in [6, 6.07) is 13.0. The van der Waals surface area contributed by atoms with Gasteiger partial charge in [-0.3, -0.25) is 15.0 Å². The molecule has 6 nitrogen and oxygen atoms in total. The van der Waals surface area contributed by atoms with E-state index in [1.807, 2.05) is 37.3 Å². The highest BCUT2D eigenvalue weighted by Crippen LogP contribution is 2.34. The third kappa shape index (κ3) is 4.49. The van der Waals surface area contributed by atoms with Crippen LogP contribution in [0.25, 0.3) is 0 Å². The Morgan fingerprint density at radius 2 is 2.04 bits per heavy atom. The minimum absolute atomic E-state index is 0.0984. The molecule has 1 aliphatic rings. The van der Waals surface area contributed by atoms with E-state index < -0.39 is 16.3 Å². The Kier molecular flexibility index (Phi) is 5.37. The molecule has 2 aromatic rings. The second-order valence-electron chi connectivity index (χ2n) is 6.61. The molecule has 0 aliphatic carbocycles. The van der Waals surface area contributed by atoms with Crippen LogP contribution in [0.15, 0.2) is 48.5 Å². The monoisotopic (exact) mass is 360 g/mol. The van der Waals surface area contributed by atoms with Crippen LogP contribution in [0.5, 0.6) is 11.5 Å². The molecule has 0 radical (unpaired) electrons. The largest absolute Gasteiger partial charge is 0.492 e.